The normalized spacial score (nSPS) is 10.4. The van der Waals surface area contributed by atoms with Gasteiger partial charge in [0.05, 0.1) is 29.9 Å². The van der Waals surface area contributed by atoms with E-state index in [1.54, 1.807) is 24.3 Å². The Morgan fingerprint density at radius 1 is 1.07 bits per heavy atom. The number of hydrogen-bond donors (Lipinski definition) is 1. The van der Waals surface area contributed by atoms with Crippen LogP contribution in [0.25, 0.3) is 10.9 Å². The zero-order valence-corrected chi connectivity index (χ0v) is 15.5. The van der Waals surface area contributed by atoms with E-state index in [-0.39, 0.29) is 12.1 Å². The molecule has 0 saturated carbocycles. The molecule has 9 nitrogen and oxygen atoms in total. The first-order valence-electron chi connectivity index (χ1n) is 8.56. The van der Waals surface area contributed by atoms with Crippen molar-refractivity contribution in [3.05, 3.63) is 70.8 Å². The molecule has 9 heteroatoms. The van der Waals surface area contributed by atoms with Crippen LogP contribution in [0, 0.1) is 0 Å². The molecular formula is C20H17N3O6. The van der Waals surface area contributed by atoms with E-state index in [2.05, 4.69) is 15.0 Å². The van der Waals surface area contributed by atoms with Crippen molar-refractivity contribution in [2.45, 2.75) is 6.54 Å². The van der Waals surface area contributed by atoms with Crippen molar-refractivity contribution in [2.75, 3.05) is 19.0 Å². The number of rotatable bonds is 6. The minimum atomic E-state index is -0.750. The van der Waals surface area contributed by atoms with Gasteiger partial charge in [-0.25, -0.2) is 9.78 Å². The Balaban J connectivity index is 1.54. The maximum absolute atomic E-state index is 12.3. The zero-order chi connectivity index (χ0) is 20.8. The maximum Gasteiger partial charge on any atom is 0.337 e. The number of ether oxygens (including phenoxy) is 2. The molecule has 0 spiro atoms. The van der Waals surface area contributed by atoms with Crippen LogP contribution >= 0.6 is 0 Å². The number of hydrogen-bond acceptors (Lipinski definition) is 7. The Hall–Kier alpha value is -4.01. The third-order valence-corrected chi connectivity index (χ3v) is 3.98. The van der Waals surface area contributed by atoms with Gasteiger partial charge in [-0.3, -0.25) is 19.0 Å². The van der Waals surface area contributed by atoms with Gasteiger partial charge in [0, 0.05) is 5.69 Å². The molecule has 0 aliphatic rings. The zero-order valence-electron chi connectivity index (χ0n) is 15.5. The molecule has 0 aliphatic heterocycles. The average Bonchev–Trinajstić information content (AvgIpc) is 2.74. The number of fused-ring (bicyclic) bond motifs is 1. The fraction of sp³-hybridized carbons (Fsp3) is 0.150. The predicted molar refractivity (Wildman–Crippen MR) is 103 cm³/mol. The van der Waals surface area contributed by atoms with Gasteiger partial charge in [-0.2, -0.15) is 0 Å². The number of nitrogens with zero attached hydrogens (tertiary/aromatic N) is 2. The van der Waals surface area contributed by atoms with Crippen molar-refractivity contribution in [1.82, 2.24) is 9.55 Å². The number of nitrogens with one attached hydrogen (secondary N) is 1. The fourth-order valence-corrected chi connectivity index (χ4v) is 2.55. The summed E-state index contributed by atoms with van der Waals surface area (Å²) in [5, 5.41) is 2.92. The molecule has 0 atom stereocenters. The second-order valence-corrected chi connectivity index (χ2v) is 5.97. The smallest absolute Gasteiger partial charge is 0.337 e. The minimum absolute atomic E-state index is 0.339. The average molecular weight is 395 g/mol. The largest absolute Gasteiger partial charge is 0.465 e. The second kappa shape index (κ2) is 8.79. The monoisotopic (exact) mass is 395 g/mol. The van der Waals surface area contributed by atoms with Crippen LogP contribution in [0.15, 0.2) is 59.7 Å². The number of carbonyl (C=O) groups excluding carboxylic acids is 3. The van der Waals surface area contributed by atoms with Crippen molar-refractivity contribution in [3.8, 4) is 0 Å². The number of amides is 1. The van der Waals surface area contributed by atoms with Crippen LogP contribution in [0.2, 0.25) is 0 Å². The van der Waals surface area contributed by atoms with Crippen LogP contribution in [-0.2, 0) is 25.6 Å². The van der Waals surface area contributed by atoms with Gasteiger partial charge in [-0.1, -0.05) is 12.1 Å². The van der Waals surface area contributed by atoms with E-state index in [1.165, 1.54) is 37.7 Å². The van der Waals surface area contributed by atoms with Crippen LogP contribution in [0.5, 0.6) is 0 Å². The molecule has 2 aromatic carbocycles. The van der Waals surface area contributed by atoms with Crippen LogP contribution < -0.4 is 10.9 Å². The van der Waals surface area contributed by atoms with Gasteiger partial charge in [-0.15, -0.1) is 0 Å². The molecule has 0 aliphatic carbocycles. The Kier molecular flexibility index (Phi) is 5.98. The molecule has 3 aromatic rings. The second-order valence-electron chi connectivity index (χ2n) is 5.97. The molecule has 1 heterocycles. The lowest BCUT2D eigenvalue weighted by Crippen LogP contribution is -2.28. The van der Waals surface area contributed by atoms with E-state index < -0.39 is 24.5 Å². The van der Waals surface area contributed by atoms with Crippen molar-refractivity contribution >= 4 is 34.4 Å². The maximum atomic E-state index is 12.3. The lowest BCUT2D eigenvalue weighted by atomic mass is 10.2. The van der Waals surface area contributed by atoms with Crippen LogP contribution in [0.3, 0.4) is 0 Å². The number of benzene rings is 2. The minimum Gasteiger partial charge on any atom is -0.465 e. The SMILES string of the molecule is COC(=O)c1ccc(NC(=O)COC(=O)Cn2cnc3ccccc3c2=O)cc1. The summed E-state index contributed by atoms with van der Waals surface area (Å²) in [6.45, 7) is -0.884. The summed E-state index contributed by atoms with van der Waals surface area (Å²) in [7, 11) is 1.27. The van der Waals surface area contributed by atoms with Gasteiger partial charge in [-0.05, 0) is 36.4 Å². The van der Waals surface area contributed by atoms with Gasteiger partial charge >= 0.3 is 11.9 Å². The Bertz CT molecular complexity index is 1120. The quantitative estimate of drug-likeness (QED) is 0.627. The van der Waals surface area contributed by atoms with E-state index in [9.17, 15) is 19.2 Å². The van der Waals surface area contributed by atoms with E-state index in [4.69, 9.17) is 4.74 Å². The number of carbonyl (C=O) groups is 3. The molecular weight excluding hydrogens is 378 g/mol. The Morgan fingerprint density at radius 3 is 2.52 bits per heavy atom. The van der Waals surface area contributed by atoms with Gasteiger partial charge in [0.2, 0.25) is 0 Å². The summed E-state index contributed by atoms with van der Waals surface area (Å²) in [6, 6.07) is 12.8. The summed E-state index contributed by atoms with van der Waals surface area (Å²) >= 11 is 0. The Morgan fingerprint density at radius 2 is 1.79 bits per heavy atom. The van der Waals surface area contributed by atoms with E-state index >= 15 is 0 Å². The van der Waals surface area contributed by atoms with E-state index in [0.29, 0.717) is 22.2 Å². The van der Waals surface area contributed by atoms with Crippen LogP contribution in [0.4, 0.5) is 5.69 Å². The molecule has 0 saturated heterocycles. The molecule has 1 amide bonds. The summed E-state index contributed by atoms with van der Waals surface area (Å²) in [4.78, 5) is 51.7. The van der Waals surface area contributed by atoms with Crippen LogP contribution in [-0.4, -0.2) is 41.1 Å². The number of esters is 2. The Labute approximate surface area is 164 Å². The molecule has 1 N–H and O–H groups in total. The first kappa shape index (κ1) is 19.7. The van der Waals surface area contributed by atoms with Crippen molar-refractivity contribution in [1.29, 1.82) is 0 Å². The lowest BCUT2D eigenvalue weighted by molar-refractivity contribution is -0.147. The standard InChI is InChI=1S/C20H17N3O6/c1-28-20(27)13-6-8-14(9-7-13)22-17(24)11-29-18(25)10-23-12-21-16-5-3-2-4-15(16)19(23)26/h2-9,12H,10-11H2,1H3,(H,22,24). The summed E-state index contributed by atoms with van der Waals surface area (Å²) in [5.41, 5.74) is 0.919. The van der Waals surface area contributed by atoms with Crippen LogP contribution in [0.1, 0.15) is 10.4 Å². The molecule has 0 fully saturated rings. The lowest BCUT2D eigenvalue weighted by Gasteiger charge is -2.08. The third kappa shape index (κ3) is 4.83. The first-order chi connectivity index (χ1) is 14.0. The summed E-state index contributed by atoms with van der Waals surface area (Å²) < 4.78 is 10.6. The summed E-state index contributed by atoms with van der Waals surface area (Å²) in [6.07, 6.45) is 1.26. The number of anilines is 1. The van der Waals surface area contributed by atoms with Gasteiger partial charge in [0.1, 0.15) is 6.54 Å². The number of methoxy groups -OCH3 is 1. The highest BCUT2D eigenvalue weighted by Crippen LogP contribution is 2.10. The third-order valence-electron chi connectivity index (χ3n) is 3.98. The highest BCUT2D eigenvalue weighted by atomic mass is 16.5. The predicted octanol–water partition coefficient (Wildman–Crippen LogP) is 1.36. The molecule has 0 radical (unpaired) electrons. The van der Waals surface area contributed by atoms with Crippen molar-refractivity contribution < 1.29 is 23.9 Å². The highest BCUT2D eigenvalue weighted by Gasteiger charge is 2.12. The van der Waals surface area contributed by atoms with Gasteiger partial charge < -0.3 is 14.8 Å². The van der Waals surface area contributed by atoms with Crippen molar-refractivity contribution in [2.24, 2.45) is 0 Å². The number of aromatic nitrogens is 2. The first-order valence-corrected chi connectivity index (χ1v) is 8.56. The molecule has 0 unspecified atom stereocenters. The molecule has 0 bridgehead atoms. The molecule has 3 rings (SSSR count). The molecule has 148 valence electrons. The van der Waals surface area contributed by atoms with Crippen molar-refractivity contribution in [3.63, 3.8) is 0 Å². The van der Waals surface area contributed by atoms with E-state index in [0.717, 1.165) is 4.57 Å². The number of para-hydroxylation sites is 1. The van der Waals surface area contributed by atoms with Gasteiger partial charge in [0.15, 0.2) is 6.61 Å². The van der Waals surface area contributed by atoms with E-state index in [1.807, 2.05) is 0 Å². The van der Waals surface area contributed by atoms with Gasteiger partial charge in [0.25, 0.3) is 11.5 Å². The molecule has 29 heavy (non-hydrogen) atoms. The topological polar surface area (TPSA) is 117 Å². The fourth-order valence-electron chi connectivity index (χ4n) is 2.55. The molecule has 1 aromatic heterocycles. The highest BCUT2D eigenvalue weighted by molar-refractivity contribution is 5.94. The summed E-state index contributed by atoms with van der Waals surface area (Å²) in [5.74, 6) is -1.80.